The number of primary amides is 1. The number of carbonyl (C=O) groups is 1. The molecule has 0 radical (unpaired) electrons. The summed E-state index contributed by atoms with van der Waals surface area (Å²) in [5, 5.41) is 1.59. The predicted molar refractivity (Wildman–Crippen MR) is 132 cm³/mol. The number of carbonyl (C=O) groups excluding carboxylic acids is 1. The van der Waals surface area contributed by atoms with Gasteiger partial charge in [0.25, 0.3) is 0 Å². The molecule has 0 unspecified atom stereocenters. The van der Waals surface area contributed by atoms with Crippen LogP contribution in [-0.2, 0) is 6.54 Å². The summed E-state index contributed by atoms with van der Waals surface area (Å²) in [5.41, 5.74) is 10.5. The van der Waals surface area contributed by atoms with Crippen molar-refractivity contribution in [2.75, 3.05) is 7.11 Å². The molecule has 0 saturated carbocycles. The first-order chi connectivity index (χ1) is 17.2. The molecule has 0 aliphatic carbocycles. The van der Waals surface area contributed by atoms with Crippen molar-refractivity contribution in [1.29, 1.82) is 0 Å². The summed E-state index contributed by atoms with van der Waals surface area (Å²) < 4.78 is 48.9. The topological polar surface area (TPSA) is 66.5 Å². The fraction of sp³-hybridized carbons (Fsp3) is 0.107. The van der Waals surface area contributed by atoms with Crippen LogP contribution in [0.15, 0.2) is 84.9 Å². The number of fused-ring (bicyclic) bond motifs is 3. The number of nitrogens with zero attached hydrogens (tertiary/aromatic N) is 1. The van der Waals surface area contributed by atoms with E-state index in [1.165, 1.54) is 12.1 Å². The van der Waals surface area contributed by atoms with E-state index in [9.17, 15) is 18.0 Å². The van der Waals surface area contributed by atoms with E-state index in [1.54, 1.807) is 31.4 Å². The number of hydrogen-bond acceptors (Lipinski definition) is 3. The summed E-state index contributed by atoms with van der Waals surface area (Å²) >= 11 is 0. The molecule has 1 aromatic heterocycles. The third-order valence-corrected chi connectivity index (χ3v) is 6.08. The minimum atomic E-state index is -4.75. The Morgan fingerprint density at radius 1 is 0.861 bits per heavy atom. The van der Waals surface area contributed by atoms with Gasteiger partial charge in [-0.15, -0.1) is 13.2 Å². The Morgan fingerprint density at radius 2 is 1.53 bits per heavy atom. The molecule has 0 aliphatic rings. The molecular formula is C28H21F3N2O3. The number of benzene rings is 4. The van der Waals surface area contributed by atoms with Crippen LogP contribution in [0.4, 0.5) is 13.2 Å². The average molecular weight is 490 g/mol. The lowest BCUT2D eigenvalue weighted by molar-refractivity contribution is -0.274. The predicted octanol–water partition coefficient (Wildman–Crippen LogP) is 6.52. The summed E-state index contributed by atoms with van der Waals surface area (Å²) in [6.07, 6.45) is -4.75. The van der Waals surface area contributed by atoms with Gasteiger partial charge in [-0.2, -0.15) is 0 Å². The normalized spacial score (nSPS) is 11.7. The number of amides is 1. The molecular weight excluding hydrogens is 469 g/mol. The molecule has 5 rings (SSSR count). The number of hydrogen-bond donors (Lipinski definition) is 1. The Hall–Kier alpha value is -4.46. The van der Waals surface area contributed by atoms with Crippen LogP contribution in [0.2, 0.25) is 0 Å². The fourth-order valence-electron chi connectivity index (χ4n) is 4.46. The molecule has 5 nitrogen and oxygen atoms in total. The van der Waals surface area contributed by atoms with E-state index in [2.05, 4.69) is 4.74 Å². The molecule has 0 atom stereocenters. The Morgan fingerprint density at radius 3 is 2.17 bits per heavy atom. The summed E-state index contributed by atoms with van der Waals surface area (Å²) in [6.45, 7) is 0.362. The Bertz CT molecular complexity index is 1570. The van der Waals surface area contributed by atoms with E-state index < -0.39 is 12.3 Å². The zero-order valence-electron chi connectivity index (χ0n) is 19.2. The van der Waals surface area contributed by atoms with Crippen molar-refractivity contribution < 1.29 is 27.4 Å². The Kier molecular flexibility index (Phi) is 5.80. The maximum absolute atomic E-state index is 12.5. The largest absolute Gasteiger partial charge is 0.573 e. The first kappa shape index (κ1) is 23.3. The molecule has 0 saturated heterocycles. The van der Waals surface area contributed by atoms with Gasteiger partial charge in [-0.1, -0.05) is 42.5 Å². The molecule has 8 heteroatoms. The number of nitrogens with two attached hydrogens (primary N) is 1. The van der Waals surface area contributed by atoms with E-state index in [1.807, 2.05) is 53.1 Å². The van der Waals surface area contributed by atoms with Crippen LogP contribution in [0, 0.1) is 0 Å². The van der Waals surface area contributed by atoms with Crippen LogP contribution in [-0.4, -0.2) is 23.9 Å². The number of ether oxygens (including phenoxy) is 2. The first-order valence-corrected chi connectivity index (χ1v) is 11.1. The second-order valence-corrected chi connectivity index (χ2v) is 8.30. The van der Waals surface area contributed by atoms with Crippen LogP contribution in [0.5, 0.6) is 11.5 Å². The van der Waals surface area contributed by atoms with Gasteiger partial charge in [0.2, 0.25) is 5.91 Å². The van der Waals surface area contributed by atoms with Crippen LogP contribution in [0.3, 0.4) is 0 Å². The molecule has 2 N–H and O–H groups in total. The standard InChI is InChI=1S/C28H21F3N2O3/c1-35-20-12-7-18(8-13-20)19-9-14-22-25(15-19)33(24-4-2-3-23(26(22)24)27(32)34)16-17-5-10-21(11-6-17)36-28(29,30)31/h2-15H,16H2,1H3,(H2,32,34). The van der Waals surface area contributed by atoms with Crippen molar-refractivity contribution in [3.63, 3.8) is 0 Å². The molecule has 0 spiro atoms. The summed E-state index contributed by atoms with van der Waals surface area (Å²) in [6, 6.07) is 24.8. The highest BCUT2D eigenvalue weighted by molar-refractivity contribution is 6.18. The molecule has 4 aromatic carbocycles. The van der Waals surface area contributed by atoms with Crippen LogP contribution < -0.4 is 15.2 Å². The molecule has 36 heavy (non-hydrogen) atoms. The second kappa shape index (κ2) is 8.96. The van der Waals surface area contributed by atoms with Gasteiger partial charge >= 0.3 is 6.36 Å². The van der Waals surface area contributed by atoms with Gasteiger partial charge in [0.05, 0.1) is 18.1 Å². The van der Waals surface area contributed by atoms with E-state index in [0.717, 1.165) is 44.2 Å². The molecule has 0 fully saturated rings. The third-order valence-electron chi connectivity index (χ3n) is 6.08. The highest BCUT2D eigenvalue weighted by Crippen LogP contribution is 2.35. The maximum Gasteiger partial charge on any atom is 0.573 e. The van der Waals surface area contributed by atoms with Crippen LogP contribution in [0.1, 0.15) is 15.9 Å². The second-order valence-electron chi connectivity index (χ2n) is 8.30. The lowest BCUT2D eigenvalue weighted by Crippen LogP contribution is -2.17. The van der Waals surface area contributed by atoms with Crippen molar-refractivity contribution in [1.82, 2.24) is 4.57 Å². The van der Waals surface area contributed by atoms with Crippen molar-refractivity contribution in [3.05, 3.63) is 96.1 Å². The van der Waals surface area contributed by atoms with Crippen LogP contribution in [0.25, 0.3) is 32.9 Å². The lowest BCUT2D eigenvalue weighted by Gasteiger charge is -2.11. The quantitative estimate of drug-likeness (QED) is 0.295. The smallest absolute Gasteiger partial charge is 0.497 e. The monoisotopic (exact) mass is 490 g/mol. The fourth-order valence-corrected chi connectivity index (χ4v) is 4.46. The third kappa shape index (κ3) is 4.45. The van der Waals surface area contributed by atoms with E-state index >= 15 is 0 Å². The molecule has 5 aromatic rings. The molecule has 182 valence electrons. The lowest BCUT2D eigenvalue weighted by atomic mass is 10.0. The van der Waals surface area contributed by atoms with Gasteiger partial charge in [-0.05, 0) is 59.2 Å². The van der Waals surface area contributed by atoms with E-state index in [0.29, 0.717) is 12.1 Å². The highest BCUT2D eigenvalue weighted by Gasteiger charge is 2.31. The summed E-state index contributed by atoms with van der Waals surface area (Å²) in [4.78, 5) is 12.2. The number of halogens is 3. The van der Waals surface area contributed by atoms with Crippen molar-refractivity contribution in [2.45, 2.75) is 12.9 Å². The first-order valence-electron chi connectivity index (χ1n) is 11.1. The minimum Gasteiger partial charge on any atom is -0.497 e. The van der Waals surface area contributed by atoms with Gasteiger partial charge in [0.15, 0.2) is 0 Å². The number of aromatic nitrogens is 1. The zero-order chi connectivity index (χ0) is 25.4. The van der Waals surface area contributed by atoms with E-state index in [-0.39, 0.29) is 5.75 Å². The van der Waals surface area contributed by atoms with Gasteiger partial charge in [0.1, 0.15) is 11.5 Å². The van der Waals surface area contributed by atoms with Gasteiger partial charge in [-0.3, -0.25) is 4.79 Å². The maximum atomic E-state index is 12.5. The number of rotatable bonds is 6. The zero-order valence-corrected chi connectivity index (χ0v) is 19.2. The van der Waals surface area contributed by atoms with Gasteiger partial charge in [0, 0.05) is 22.9 Å². The molecule has 1 heterocycles. The van der Waals surface area contributed by atoms with Crippen molar-refractivity contribution in [2.24, 2.45) is 5.73 Å². The summed E-state index contributed by atoms with van der Waals surface area (Å²) in [7, 11) is 1.61. The Labute approximate surface area is 204 Å². The Balaban J connectivity index is 1.65. The van der Waals surface area contributed by atoms with Gasteiger partial charge in [-0.25, -0.2) is 0 Å². The summed E-state index contributed by atoms with van der Waals surface area (Å²) in [5.74, 6) is -0.0724. The molecule has 0 aliphatic heterocycles. The molecule has 1 amide bonds. The van der Waals surface area contributed by atoms with Crippen LogP contribution >= 0.6 is 0 Å². The number of methoxy groups -OCH3 is 1. The van der Waals surface area contributed by atoms with Gasteiger partial charge < -0.3 is 19.8 Å². The SMILES string of the molecule is COc1ccc(-c2ccc3c4c(C(N)=O)cccc4n(Cc4ccc(OC(F)(F)F)cc4)c3c2)cc1. The van der Waals surface area contributed by atoms with E-state index in [4.69, 9.17) is 10.5 Å². The highest BCUT2D eigenvalue weighted by atomic mass is 19.4. The van der Waals surface area contributed by atoms with Crippen molar-refractivity contribution in [3.8, 4) is 22.6 Å². The molecule has 0 bridgehead atoms. The number of alkyl halides is 3. The average Bonchev–Trinajstić information content (AvgIpc) is 3.17. The minimum absolute atomic E-state index is 0.286. The van der Waals surface area contributed by atoms with Crippen molar-refractivity contribution >= 4 is 27.7 Å².